The van der Waals surface area contributed by atoms with Crippen LogP contribution in [0.2, 0.25) is 0 Å². The second kappa shape index (κ2) is 8.12. The standard InChI is InChI=1S/C22H22N2O4S2/c1-15(21-8-5-13-29-21)23-22(25)18-14-17(9-10-20(18)28-2)30(26,27)24-12-11-16-6-3-4-7-19(16)24/h3-10,13-15H,11-12H2,1-2H3,(H,23,25). The van der Waals surface area contributed by atoms with E-state index in [2.05, 4.69) is 5.32 Å². The first-order valence-corrected chi connectivity index (χ1v) is 11.9. The van der Waals surface area contributed by atoms with Crippen LogP contribution in [0, 0.1) is 0 Å². The molecule has 0 saturated heterocycles. The van der Waals surface area contributed by atoms with Crippen LogP contribution in [0.25, 0.3) is 0 Å². The summed E-state index contributed by atoms with van der Waals surface area (Å²) in [5.41, 5.74) is 1.87. The summed E-state index contributed by atoms with van der Waals surface area (Å²) in [4.78, 5) is 14.0. The lowest BCUT2D eigenvalue weighted by Crippen LogP contribution is -2.30. The maximum Gasteiger partial charge on any atom is 0.264 e. The van der Waals surface area contributed by atoms with Crippen molar-refractivity contribution in [2.45, 2.75) is 24.3 Å². The monoisotopic (exact) mass is 442 g/mol. The molecule has 1 amide bonds. The van der Waals surface area contributed by atoms with Crippen molar-refractivity contribution < 1.29 is 17.9 Å². The van der Waals surface area contributed by atoms with Crippen molar-refractivity contribution >= 4 is 33.0 Å². The highest BCUT2D eigenvalue weighted by atomic mass is 32.2. The van der Waals surface area contributed by atoms with Gasteiger partial charge < -0.3 is 10.1 Å². The minimum atomic E-state index is -3.80. The van der Waals surface area contributed by atoms with Gasteiger partial charge in [-0.3, -0.25) is 9.10 Å². The third kappa shape index (κ3) is 3.68. The highest BCUT2D eigenvalue weighted by Crippen LogP contribution is 2.34. The average molecular weight is 443 g/mol. The number of carbonyl (C=O) groups is 1. The Bertz CT molecular complexity index is 1170. The van der Waals surface area contributed by atoms with E-state index >= 15 is 0 Å². The van der Waals surface area contributed by atoms with Crippen molar-refractivity contribution in [2.75, 3.05) is 18.0 Å². The number of para-hydroxylation sites is 1. The number of hydrogen-bond donors (Lipinski definition) is 1. The van der Waals surface area contributed by atoms with E-state index in [0.29, 0.717) is 24.4 Å². The summed E-state index contributed by atoms with van der Waals surface area (Å²) in [6.45, 7) is 2.27. The summed E-state index contributed by atoms with van der Waals surface area (Å²) < 4.78 is 33.4. The highest BCUT2D eigenvalue weighted by molar-refractivity contribution is 7.92. The van der Waals surface area contributed by atoms with Crippen molar-refractivity contribution in [3.8, 4) is 5.75 Å². The summed E-state index contributed by atoms with van der Waals surface area (Å²) in [6.07, 6.45) is 0.664. The van der Waals surface area contributed by atoms with Gasteiger partial charge in [-0.05, 0) is 54.6 Å². The van der Waals surface area contributed by atoms with E-state index in [4.69, 9.17) is 4.74 Å². The number of thiophene rings is 1. The van der Waals surface area contributed by atoms with Gasteiger partial charge >= 0.3 is 0 Å². The van der Waals surface area contributed by atoms with Crippen LogP contribution in [0.4, 0.5) is 5.69 Å². The van der Waals surface area contributed by atoms with Gasteiger partial charge in [0.1, 0.15) is 5.75 Å². The molecule has 1 atom stereocenters. The number of nitrogens with one attached hydrogen (secondary N) is 1. The number of rotatable bonds is 6. The quantitative estimate of drug-likeness (QED) is 0.626. The SMILES string of the molecule is COc1ccc(S(=O)(=O)N2CCc3ccccc32)cc1C(=O)NC(C)c1cccs1. The zero-order valence-corrected chi connectivity index (χ0v) is 18.3. The molecule has 0 radical (unpaired) electrons. The molecule has 0 bridgehead atoms. The summed E-state index contributed by atoms with van der Waals surface area (Å²) in [6, 6.07) is 15.5. The minimum absolute atomic E-state index is 0.0638. The van der Waals surface area contributed by atoms with Crippen molar-refractivity contribution in [1.82, 2.24) is 5.32 Å². The van der Waals surface area contributed by atoms with E-state index in [-0.39, 0.29) is 22.4 Å². The minimum Gasteiger partial charge on any atom is -0.496 e. The molecule has 2 aromatic carbocycles. The molecule has 1 aliphatic heterocycles. The molecule has 30 heavy (non-hydrogen) atoms. The Hall–Kier alpha value is -2.84. The molecule has 0 spiro atoms. The van der Waals surface area contributed by atoms with Crippen LogP contribution in [-0.4, -0.2) is 28.0 Å². The van der Waals surface area contributed by atoms with Crippen LogP contribution < -0.4 is 14.4 Å². The van der Waals surface area contributed by atoms with E-state index in [1.807, 2.05) is 42.6 Å². The second-order valence-corrected chi connectivity index (χ2v) is 9.87. The van der Waals surface area contributed by atoms with Gasteiger partial charge in [-0.1, -0.05) is 24.3 Å². The molecular formula is C22H22N2O4S2. The first-order valence-electron chi connectivity index (χ1n) is 9.55. The van der Waals surface area contributed by atoms with Crippen molar-refractivity contribution in [3.63, 3.8) is 0 Å². The summed E-state index contributed by atoms with van der Waals surface area (Å²) in [5, 5.41) is 4.86. The van der Waals surface area contributed by atoms with Gasteiger partial charge in [-0.15, -0.1) is 11.3 Å². The molecule has 0 aliphatic carbocycles. The largest absolute Gasteiger partial charge is 0.496 e. The van der Waals surface area contributed by atoms with Crippen LogP contribution in [0.15, 0.2) is 64.9 Å². The van der Waals surface area contributed by atoms with E-state index in [9.17, 15) is 13.2 Å². The van der Waals surface area contributed by atoms with Crippen molar-refractivity contribution in [1.29, 1.82) is 0 Å². The maximum atomic E-state index is 13.3. The Morgan fingerprint density at radius 1 is 1.17 bits per heavy atom. The first-order chi connectivity index (χ1) is 14.4. The molecule has 1 N–H and O–H groups in total. The van der Waals surface area contributed by atoms with Crippen LogP contribution >= 0.6 is 11.3 Å². The van der Waals surface area contributed by atoms with Crippen LogP contribution in [0.5, 0.6) is 5.75 Å². The molecule has 1 unspecified atom stereocenters. The number of methoxy groups -OCH3 is 1. The average Bonchev–Trinajstić information content (AvgIpc) is 3.43. The maximum absolute atomic E-state index is 13.3. The number of sulfonamides is 1. The molecule has 1 aliphatic rings. The Morgan fingerprint density at radius 3 is 2.70 bits per heavy atom. The van der Waals surface area contributed by atoms with Gasteiger partial charge in [0.15, 0.2) is 0 Å². The fourth-order valence-electron chi connectivity index (χ4n) is 3.59. The molecule has 1 aromatic heterocycles. The number of fused-ring (bicyclic) bond motifs is 1. The lowest BCUT2D eigenvalue weighted by molar-refractivity contribution is 0.0937. The fourth-order valence-corrected chi connectivity index (χ4v) is 5.86. The van der Waals surface area contributed by atoms with Crippen LogP contribution in [0.3, 0.4) is 0 Å². The van der Waals surface area contributed by atoms with Gasteiger partial charge in [0.25, 0.3) is 15.9 Å². The third-order valence-corrected chi connectivity index (χ3v) is 8.03. The predicted octanol–water partition coefficient (Wildman–Crippen LogP) is 4.00. The third-order valence-electron chi connectivity index (χ3n) is 5.17. The van der Waals surface area contributed by atoms with Gasteiger partial charge in [-0.25, -0.2) is 8.42 Å². The van der Waals surface area contributed by atoms with Gasteiger partial charge in [0.05, 0.1) is 29.3 Å². The lowest BCUT2D eigenvalue weighted by atomic mass is 10.1. The normalized spacial score (nSPS) is 14.3. The Labute approximate surface area is 180 Å². The molecule has 4 rings (SSSR count). The number of benzene rings is 2. The number of ether oxygens (including phenoxy) is 1. The molecule has 2 heterocycles. The van der Waals surface area contributed by atoms with Crippen molar-refractivity contribution in [3.05, 3.63) is 76.0 Å². The number of anilines is 1. The van der Waals surface area contributed by atoms with Crippen LogP contribution in [0.1, 0.15) is 33.8 Å². The smallest absolute Gasteiger partial charge is 0.264 e. The summed E-state index contributed by atoms with van der Waals surface area (Å²) in [7, 11) is -2.35. The molecule has 0 saturated carbocycles. The number of carbonyl (C=O) groups excluding carboxylic acids is 1. The fraction of sp³-hybridized carbons (Fsp3) is 0.227. The Balaban J connectivity index is 1.66. The molecule has 0 fully saturated rings. The molecular weight excluding hydrogens is 420 g/mol. The lowest BCUT2D eigenvalue weighted by Gasteiger charge is -2.21. The van der Waals surface area contributed by atoms with E-state index in [0.717, 1.165) is 10.4 Å². The summed E-state index contributed by atoms with van der Waals surface area (Å²) >= 11 is 1.55. The second-order valence-electron chi connectivity index (χ2n) is 7.03. The zero-order valence-electron chi connectivity index (χ0n) is 16.7. The Kier molecular flexibility index (Phi) is 5.53. The van der Waals surface area contributed by atoms with E-state index < -0.39 is 10.0 Å². The molecule has 6 nitrogen and oxygen atoms in total. The zero-order chi connectivity index (χ0) is 21.3. The Morgan fingerprint density at radius 2 is 1.97 bits per heavy atom. The topological polar surface area (TPSA) is 75.7 Å². The first kappa shape index (κ1) is 20.4. The number of amides is 1. The highest BCUT2D eigenvalue weighted by Gasteiger charge is 2.31. The van der Waals surface area contributed by atoms with E-state index in [1.165, 1.54) is 29.6 Å². The van der Waals surface area contributed by atoms with Gasteiger partial charge in [0.2, 0.25) is 0 Å². The molecule has 8 heteroatoms. The van der Waals surface area contributed by atoms with Gasteiger partial charge in [-0.2, -0.15) is 0 Å². The number of nitrogens with zero attached hydrogens (tertiary/aromatic N) is 1. The van der Waals surface area contributed by atoms with Crippen molar-refractivity contribution in [2.24, 2.45) is 0 Å². The van der Waals surface area contributed by atoms with Crippen LogP contribution in [-0.2, 0) is 16.4 Å². The number of hydrogen-bond acceptors (Lipinski definition) is 5. The predicted molar refractivity (Wildman–Crippen MR) is 118 cm³/mol. The van der Waals surface area contributed by atoms with E-state index in [1.54, 1.807) is 17.4 Å². The van der Waals surface area contributed by atoms with Gasteiger partial charge in [0, 0.05) is 11.4 Å². The summed E-state index contributed by atoms with van der Waals surface area (Å²) in [5.74, 6) is -0.0572. The molecule has 156 valence electrons. The molecule has 3 aromatic rings.